The van der Waals surface area contributed by atoms with Crippen LogP contribution >= 0.6 is 0 Å². The first kappa shape index (κ1) is 10.7. The first-order valence-corrected chi connectivity index (χ1v) is 4.36. The number of carbonyl (C=O) groups excluding carboxylic acids is 1. The number of nitriles is 2. The highest BCUT2D eigenvalue weighted by Crippen LogP contribution is 2.17. The lowest BCUT2D eigenvalue weighted by molar-refractivity contribution is 0.112. The van der Waals surface area contributed by atoms with Gasteiger partial charge in [0.2, 0.25) is 0 Å². The van der Waals surface area contributed by atoms with Crippen LogP contribution in [0.15, 0.2) is 24.3 Å². The molecule has 0 spiro atoms. The van der Waals surface area contributed by atoms with Gasteiger partial charge in [0.15, 0.2) is 6.29 Å². The summed E-state index contributed by atoms with van der Waals surface area (Å²) >= 11 is 0. The van der Waals surface area contributed by atoms with E-state index in [0.29, 0.717) is 11.3 Å². The lowest BCUT2D eigenvalue weighted by atomic mass is 10.2. The fraction of sp³-hybridized carbons (Fsp3) is 0.182. The smallest absolute Gasteiger partial charge is 0.152 e. The van der Waals surface area contributed by atoms with Gasteiger partial charge in [0.1, 0.15) is 13.1 Å². The summed E-state index contributed by atoms with van der Waals surface area (Å²) in [6.07, 6.45) is 0.719. The first-order chi connectivity index (χ1) is 7.33. The highest BCUT2D eigenvalue weighted by atomic mass is 16.1. The van der Waals surface area contributed by atoms with E-state index in [1.165, 1.54) is 0 Å². The third-order valence-corrected chi connectivity index (χ3v) is 1.93. The Morgan fingerprint density at radius 3 is 2.33 bits per heavy atom. The Kier molecular flexibility index (Phi) is 3.88. The van der Waals surface area contributed by atoms with Gasteiger partial charge in [-0.15, -0.1) is 0 Å². The zero-order chi connectivity index (χ0) is 11.1. The van der Waals surface area contributed by atoms with Gasteiger partial charge < -0.3 is 4.90 Å². The molecule has 0 heterocycles. The van der Waals surface area contributed by atoms with Crippen LogP contribution in [0.3, 0.4) is 0 Å². The van der Waals surface area contributed by atoms with Gasteiger partial charge in [-0.1, -0.05) is 12.1 Å². The van der Waals surface area contributed by atoms with Gasteiger partial charge in [0.05, 0.1) is 12.1 Å². The maximum Gasteiger partial charge on any atom is 0.152 e. The van der Waals surface area contributed by atoms with Crippen molar-refractivity contribution in [3.05, 3.63) is 29.8 Å². The molecule has 0 atom stereocenters. The predicted octanol–water partition coefficient (Wildman–Crippen LogP) is 1.35. The Bertz CT molecular complexity index is 412. The Balaban J connectivity index is 3.05. The molecule has 0 amide bonds. The Morgan fingerprint density at radius 1 is 1.20 bits per heavy atom. The van der Waals surface area contributed by atoms with Crippen molar-refractivity contribution in [1.82, 2.24) is 0 Å². The van der Waals surface area contributed by atoms with Crippen LogP contribution in [0.2, 0.25) is 0 Å². The molecule has 0 unspecified atom stereocenters. The van der Waals surface area contributed by atoms with E-state index in [4.69, 9.17) is 10.5 Å². The summed E-state index contributed by atoms with van der Waals surface area (Å²) in [5, 5.41) is 17.2. The molecule has 0 saturated heterocycles. The summed E-state index contributed by atoms with van der Waals surface area (Å²) in [6.45, 7) is 0.191. The van der Waals surface area contributed by atoms with E-state index in [2.05, 4.69) is 0 Å². The number of anilines is 1. The SMILES string of the molecule is N#CCN(CC#N)c1ccccc1C=O. The molecule has 0 N–H and O–H groups in total. The summed E-state index contributed by atoms with van der Waals surface area (Å²) < 4.78 is 0. The molecule has 0 aliphatic carbocycles. The molecule has 0 saturated carbocycles. The van der Waals surface area contributed by atoms with Crippen LogP contribution in [0.5, 0.6) is 0 Å². The van der Waals surface area contributed by atoms with Crippen LogP contribution < -0.4 is 4.90 Å². The van der Waals surface area contributed by atoms with E-state index in [-0.39, 0.29) is 13.1 Å². The third-order valence-electron chi connectivity index (χ3n) is 1.93. The van der Waals surface area contributed by atoms with Crippen LogP contribution in [0.25, 0.3) is 0 Å². The van der Waals surface area contributed by atoms with Crippen molar-refractivity contribution in [3.63, 3.8) is 0 Å². The topological polar surface area (TPSA) is 67.9 Å². The van der Waals surface area contributed by atoms with Gasteiger partial charge in [0, 0.05) is 11.3 Å². The molecule has 1 rings (SSSR count). The van der Waals surface area contributed by atoms with Gasteiger partial charge in [0.25, 0.3) is 0 Å². The predicted molar refractivity (Wildman–Crippen MR) is 55.3 cm³/mol. The van der Waals surface area contributed by atoms with Gasteiger partial charge in [-0.25, -0.2) is 0 Å². The molecule has 1 aromatic carbocycles. The summed E-state index contributed by atoms with van der Waals surface area (Å²) in [4.78, 5) is 12.3. The van der Waals surface area contributed by atoms with E-state index < -0.39 is 0 Å². The Labute approximate surface area is 88.0 Å². The lowest BCUT2D eigenvalue weighted by Gasteiger charge is -2.19. The molecule has 0 fully saturated rings. The van der Waals surface area contributed by atoms with E-state index in [1.807, 2.05) is 12.1 Å². The van der Waals surface area contributed by atoms with Gasteiger partial charge in [-0.2, -0.15) is 10.5 Å². The van der Waals surface area contributed by atoms with Crippen molar-refractivity contribution in [2.24, 2.45) is 0 Å². The molecule has 74 valence electrons. The lowest BCUT2D eigenvalue weighted by Crippen LogP contribution is -2.24. The number of hydrogen-bond acceptors (Lipinski definition) is 4. The molecule has 0 bridgehead atoms. The Morgan fingerprint density at radius 2 is 1.80 bits per heavy atom. The van der Waals surface area contributed by atoms with Crippen LogP contribution in [0.4, 0.5) is 5.69 Å². The highest BCUT2D eigenvalue weighted by molar-refractivity contribution is 5.84. The molecule has 0 aromatic heterocycles. The summed E-state index contributed by atoms with van der Waals surface area (Å²) in [5.41, 5.74) is 1.11. The zero-order valence-corrected chi connectivity index (χ0v) is 8.05. The van der Waals surface area contributed by atoms with Crippen molar-refractivity contribution in [2.75, 3.05) is 18.0 Å². The highest BCUT2D eigenvalue weighted by Gasteiger charge is 2.08. The molecule has 4 nitrogen and oxygen atoms in total. The second-order valence-electron chi connectivity index (χ2n) is 2.85. The number of nitrogens with zero attached hydrogens (tertiary/aromatic N) is 3. The molecule has 0 aliphatic heterocycles. The molecule has 15 heavy (non-hydrogen) atoms. The van der Waals surface area contributed by atoms with Crippen molar-refractivity contribution < 1.29 is 4.79 Å². The van der Waals surface area contributed by atoms with Crippen molar-refractivity contribution in [1.29, 1.82) is 10.5 Å². The molecular formula is C11H9N3O. The van der Waals surface area contributed by atoms with Gasteiger partial charge in [-0.3, -0.25) is 4.79 Å². The minimum Gasteiger partial charge on any atom is -0.344 e. The van der Waals surface area contributed by atoms with Crippen molar-refractivity contribution in [2.45, 2.75) is 0 Å². The Hall–Kier alpha value is -2.33. The number of para-hydroxylation sites is 1. The van der Waals surface area contributed by atoms with Gasteiger partial charge >= 0.3 is 0 Å². The van der Waals surface area contributed by atoms with E-state index in [0.717, 1.165) is 6.29 Å². The summed E-state index contributed by atoms with van der Waals surface area (Å²) in [7, 11) is 0. The molecule has 1 aromatic rings. The van der Waals surface area contributed by atoms with E-state index in [1.54, 1.807) is 29.2 Å². The maximum atomic E-state index is 10.7. The molecule has 0 aliphatic rings. The van der Waals surface area contributed by atoms with Gasteiger partial charge in [-0.05, 0) is 12.1 Å². The van der Waals surface area contributed by atoms with E-state index in [9.17, 15) is 4.79 Å². The first-order valence-electron chi connectivity index (χ1n) is 4.36. The largest absolute Gasteiger partial charge is 0.344 e. The maximum absolute atomic E-state index is 10.7. The molecule has 0 radical (unpaired) electrons. The summed E-state index contributed by atoms with van der Waals surface area (Å²) in [5.74, 6) is 0. The fourth-order valence-electron chi connectivity index (χ4n) is 1.27. The van der Waals surface area contributed by atoms with Crippen molar-refractivity contribution >= 4 is 12.0 Å². The van der Waals surface area contributed by atoms with Crippen LogP contribution in [0.1, 0.15) is 10.4 Å². The number of aldehydes is 1. The van der Waals surface area contributed by atoms with Crippen LogP contribution in [-0.4, -0.2) is 19.4 Å². The number of rotatable bonds is 4. The number of carbonyl (C=O) groups is 1. The zero-order valence-electron chi connectivity index (χ0n) is 8.05. The number of benzene rings is 1. The standard InChI is InChI=1S/C11H9N3O/c12-5-7-14(8-6-13)11-4-2-1-3-10(11)9-15/h1-4,9H,7-8H2. The minimum absolute atomic E-state index is 0.0956. The second kappa shape index (κ2) is 5.41. The average molecular weight is 199 g/mol. The minimum atomic E-state index is 0.0956. The van der Waals surface area contributed by atoms with Crippen molar-refractivity contribution in [3.8, 4) is 12.1 Å². The fourth-order valence-corrected chi connectivity index (χ4v) is 1.27. The summed E-state index contributed by atoms with van der Waals surface area (Å²) in [6, 6.07) is 10.8. The van der Waals surface area contributed by atoms with E-state index >= 15 is 0 Å². The quantitative estimate of drug-likeness (QED) is 0.542. The normalized spacial score (nSPS) is 8.67. The average Bonchev–Trinajstić information content (AvgIpc) is 2.29. The monoisotopic (exact) mass is 199 g/mol. The van der Waals surface area contributed by atoms with Crippen LogP contribution in [0, 0.1) is 22.7 Å². The molecule has 4 heteroatoms. The molecular weight excluding hydrogens is 190 g/mol. The third kappa shape index (κ3) is 2.55. The number of hydrogen-bond donors (Lipinski definition) is 0. The second-order valence-corrected chi connectivity index (χ2v) is 2.85. The van der Waals surface area contributed by atoms with Crippen LogP contribution in [-0.2, 0) is 0 Å².